The van der Waals surface area contributed by atoms with E-state index in [-0.39, 0.29) is 17.1 Å². The van der Waals surface area contributed by atoms with Crippen LogP contribution >= 0.6 is 12.0 Å². The highest BCUT2D eigenvalue weighted by molar-refractivity contribution is 7.93. The van der Waals surface area contributed by atoms with Crippen LogP contribution in [0.5, 0.6) is 11.5 Å². The van der Waals surface area contributed by atoms with Crippen LogP contribution in [0, 0.1) is 0 Å². The molecule has 1 rings (SSSR count). The van der Waals surface area contributed by atoms with E-state index in [1.165, 1.54) is 13.2 Å². The number of halogens is 17. The molecule has 0 heterocycles. The van der Waals surface area contributed by atoms with Gasteiger partial charge >= 0.3 is 53.6 Å². The van der Waals surface area contributed by atoms with E-state index in [1.807, 2.05) is 0 Å². The molecule has 0 saturated heterocycles. The summed E-state index contributed by atoms with van der Waals surface area (Å²) in [5, 5.41) is 0. The van der Waals surface area contributed by atoms with Gasteiger partial charge in [0.25, 0.3) is 0 Å². The summed E-state index contributed by atoms with van der Waals surface area (Å²) < 4.78 is 243. The highest BCUT2D eigenvalue weighted by Crippen LogP contribution is 2.64. The van der Waals surface area contributed by atoms with Gasteiger partial charge in [0.2, 0.25) is 0 Å². The number of hydrogen-bond acceptors (Lipinski definition) is 7. The highest BCUT2D eigenvalue weighted by Gasteiger charge is 2.95. The Bertz CT molecular complexity index is 1200. The van der Waals surface area contributed by atoms with Gasteiger partial charge in [0.05, 0.1) is 7.11 Å². The molecule has 1 aromatic carbocycles. The van der Waals surface area contributed by atoms with Crippen molar-refractivity contribution >= 4 is 18.0 Å². The van der Waals surface area contributed by atoms with Crippen LogP contribution in [0.4, 0.5) is 74.6 Å². The average Bonchev–Trinajstić information content (AvgIpc) is 2.92. The van der Waals surface area contributed by atoms with Gasteiger partial charge in [-0.25, -0.2) is 4.79 Å². The second-order valence-corrected chi connectivity index (χ2v) is 9.50. The molecule has 6 nitrogen and oxygen atoms in total. The lowest BCUT2D eigenvalue weighted by Gasteiger charge is -2.42. The Balaban J connectivity index is 3.18. The quantitative estimate of drug-likeness (QED) is 0.0753. The van der Waals surface area contributed by atoms with Crippen LogP contribution in [0.25, 0.3) is 0 Å². The summed E-state index contributed by atoms with van der Waals surface area (Å²) in [4.78, 5) is 16.2. The number of carbonyl (C=O) groups excluding carboxylic acids is 1. The van der Waals surface area contributed by atoms with Gasteiger partial charge in [0, 0.05) is 24.7 Å². The molecule has 1 aromatic rings. The van der Waals surface area contributed by atoms with Gasteiger partial charge in [-0.2, -0.15) is 78.9 Å². The lowest BCUT2D eigenvalue weighted by Crippen LogP contribution is -2.74. The van der Waals surface area contributed by atoms with Gasteiger partial charge in [0.1, 0.15) is 0 Å². The molecule has 0 radical (unpaired) electrons. The molecule has 24 heteroatoms. The SMILES string of the molecule is COc1cc(CCCC(F)(F)C(F)(F)C(F)(F)C(F)(F)C(F)(F)C(F)(F)C(F)(F)C(F)(F)F)ccc1OC(C)C(=O)ONOSC. The van der Waals surface area contributed by atoms with Crippen LogP contribution < -0.4 is 15.1 Å². The summed E-state index contributed by atoms with van der Waals surface area (Å²) in [6.45, 7) is 1.18. The summed E-state index contributed by atoms with van der Waals surface area (Å²) in [6, 6.07) is 2.99. The molecule has 46 heavy (non-hydrogen) atoms. The fourth-order valence-corrected chi connectivity index (χ4v) is 3.35. The Morgan fingerprint density at radius 2 is 1.24 bits per heavy atom. The molecule has 0 aliphatic carbocycles. The van der Waals surface area contributed by atoms with E-state index in [2.05, 4.69) is 9.12 Å². The molecular weight excluding hydrogens is 713 g/mol. The number of nitrogens with one attached hydrogen (secondary N) is 1. The Kier molecular flexibility index (Phi) is 12.5. The molecule has 0 fully saturated rings. The van der Waals surface area contributed by atoms with Crippen LogP contribution in [0.15, 0.2) is 18.2 Å². The summed E-state index contributed by atoms with van der Waals surface area (Å²) in [5.41, 5.74) is 1.64. The first-order chi connectivity index (χ1) is 20.5. The van der Waals surface area contributed by atoms with E-state index in [1.54, 1.807) is 5.64 Å². The van der Waals surface area contributed by atoms with Crippen molar-refractivity contribution in [2.45, 2.75) is 79.9 Å². The molecule has 0 bridgehead atoms. The van der Waals surface area contributed by atoms with Crippen molar-refractivity contribution in [3.8, 4) is 11.5 Å². The van der Waals surface area contributed by atoms with Crippen molar-refractivity contribution in [1.82, 2.24) is 5.64 Å². The van der Waals surface area contributed by atoms with Crippen molar-refractivity contribution in [3.63, 3.8) is 0 Å². The Labute approximate surface area is 250 Å². The molecule has 268 valence electrons. The predicted molar refractivity (Wildman–Crippen MR) is 121 cm³/mol. The Hall–Kier alpha value is -2.63. The highest BCUT2D eigenvalue weighted by atomic mass is 32.2. The van der Waals surface area contributed by atoms with Gasteiger partial charge in [-0.1, -0.05) is 6.07 Å². The van der Waals surface area contributed by atoms with E-state index >= 15 is 0 Å². The van der Waals surface area contributed by atoms with Gasteiger partial charge in [-0.05, 0) is 43.1 Å². The fraction of sp³-hybridized carbons (Fsp3) is 0.682. The zero-order chi connectivity index (χ0) is 36.4. The molecule has 1 N–H and O–H groups in total. The Morgan fingerprint density at radius 3 is 1.70 bits per heavy atom. The number of rotatable bonds is 17. The summed E-state index contributed by atoms with van der Waals surface area (Å²) in [7, 11) is 1.02. The average molecular weight is 733 g/mol. The number of aryl methyl sites for hydroxylation is 1. The van der Waals surface area contributed by atoms with Crippen molar-refractivity contribution in [2.24, 2.45) is 0 Å². The van der Waals surface area contributed by atoms with Crippen LogP contribution in [0.1, 0.15) is 25.3 Å². The van der Waals surface area contributed by atoms with Crippen LogP contribution in [0.2, 0.25) is 0 Å². The maximum absolute atomic E-state index is 14.2. The monoisotopic (exact) mass is 733 g/mol. The van der Waals surface area contributed by atoms with Gasteiger partial charge in [-0.15, -0.1) is 0 Å². The first-order valence-electron chi connectivity index (χ1n) is 11.7. The van der Waals surface area contributed by atoms with E-state index in [9.17, 15) is 79.4 Å². The normalized spacial score (nSPS) is 15.0. The van der Waals surface area contributed by atoms with Crippen molar-refractivity contribution in [1.29, 1.82) is 0 Å². The minimum Gasteiger partial charge on any atom is -0.493 e. The lowest BCUT2D eigenvalue weighted by molar-refractivity contribution is -0.461. The third-order valence-corrected chi connectivity index (χ3v) is 6.10. The maximum Gasteiger partial charge on any atom is 0.460 e. The summed E-state index contributed by atoms with van der Waals surface area (Å²) in [6.07, 6.45) is -12.5. The topological polar surface area (TPSA) is 66.0 Å². The van der Waals surface area contributed by atoms with Gasteiger partial charge in [-0.3, -0.25) is 0 Å². The number of ether oxygens (including phenoxy) is 2. The molecule has 1 unspecified atom stereocenters. The van der Waals surface area contributed by atoms with Gasteiger partial charge < -0.3 is 14.3 Å². The molecule has 0 saturated carbocycles. The predicted octanol–water partition coefficient (Wildman–Crippen LogP) is 8.05. The second-order valence-electron chi connectivity index (χ2n) is 9.00. The third kappa shape index (κ3) is 7.41. The molecule has 0 amide bonds. The van der Waals surface area contributed by atoms with Gasteiger partial charge in [0.15, 0.2) is 17.6 Å². The first kappa shape index (κ1) is 41.4. The van der Waals surface area contributed by atoms with Crippen LogP contribution in [-0.4, -0.2) is 73.1 Å². The summed E-state index contributed by atoms with van der Waals surface area (Å²) in [5.74, 6) is -58.1. The first-order valence-corrected chi connectivity index (χ1v) is 12.9. The van der Waals surface area contributed by atoms with Crippen LogP contribution in [0.3, 0.4) is 0 Å². The number of benzene rings is 1. The van der Waals surface area contributed by atoms with E-state index in [4.69, 9.17) is 9.47 Å². The number of alkyl halides is 17. The lowest BCUT2D eigenvalue weighted by atomic mass is 9.87. The molecule has 0 spiro atoms. The minimum atomic E-state index is -8.67. The third-order valence-electron chi connectivity index (χ3n) is 5.87. The number of hydrogen-bond donors (Lipinski definition) is 1. The minimum absolute atomic E-state index is 0.147. The van der Waals surface area contributed by atoms with E-state index in [0.29, 0.717) is 0 Å². The summed E-state index contributed by atoms with van der Waals surface area (Å²) >= 11 is 0.757. The standard InChI is InChI=1S/C22H20F17NO5S/c1-10(14(41)44-40-45-46-3)43-12-7-6-11(9-13(12)42-2)5-4-8-15(23,24)16(25,26)17(27,28)18(29,30)19(31,32)20(33,34)21(35,36)22(37,38)39/h6-7,9-10,40H,4-5,8H2,1-3H3. The number of carbonyl (C=O) groups is 1. The molecule has 1 atom stereocenters. The molecule has 0 aromatic heterocycles. The maximum atomic E-state index is 14.2. The molecular formula is C22H20F17NO5S. The van der Waals surface area contributed by atoms with E-state index in [0.717, 1.165) is 37.4 Å². The van der Waals surface area contributed by atoms with Crippen LogP contribution in [-0.2, 0) is 20.3 Å². The fourth-order valence-electron chi connectivity index (χ4n) is 3.25. The largest absolute Gasteiger partial charge is 0.493 e. The van der Waals surface area contributed by atoms with Crippen molar-refractivity contribution < 1.29 is 98.0 Å². The van der Waals surface area contributed by atoms with Crippen molar-refractivity contribution in [3.05, 3.63) is 23.8 Å². The zero-order valence-corrected chi connectivity index (χ0v) is 23.6. The van der Waals surface area contributed by atoms with E-state index < -0.39 is 79.0 Å². The molecule has 0 aliphatic rings. The Morgan fingerprint density at radius 1 is 0.761 bits per heavy atom. The smallest absolute Gasteiger partial charge is 0.460 e. The zero-order valence-electron chi connectivity index (χ0n) is 22.8. The van der Waals surface area contributed by atoms with Crippen molar-refractivity contribution in [2.75, 3.05) is 13.4 Å². The second kappa shape index (κ2) is 13.8. The number of methoxy groups -OCH3 is 1. The molecule has 0 aliphatic heterocycles.